The van der Waals surface area contributed by atoms with Gasteiger partial charge in [-0.05, 0) is 87.1 Å². The number of aryl methyl sites for hydroxylation is 1. The Kier molecular flexibility index (Phi) is 21.9. The van der Waals surface area contributed by atoms with E-state index in [9.17, 15) is 33.9 Å². The SMILES string of the molecule is Cc1ncsc1-c1ccc([C@H](C)NC(=O)[C@@H]2C[C@@H](O)CN2C(=O)[C@@H](NC(=O)CCC(=O)NCCN2CCN(CC(=O)NCCCNc3cc(N4CCC5(CC4)CN(c4cc(F)c(CN6CCC(C)(C)CC6)cc4F)CC(=O)N5)ncn3)CC2)C(C)(C)C)cc1. The average molecular weight is 1250 g/mol. The second kappa shape index (κ2) is 29.4. The van der Waals surface area contributed by atoms with Gasteiger partial charge in [0.25, 0.3) is 0 Å². The van der Waals surface area contributed by atoms with Crippen LogP contribution in [-0.4, -0.2) is 204 Å². The Morgan fingerprint density at radius 2 is 1.49 bits per heavy atom. The predicted octanol–water partition coefficient (Wildman–Crippen LogP) is 4.59. The Labute approximate surface area is 525 Å². The lowest BCUT2D eigenvalue weighted by Crippen LogP contribution is -2.66. The largest absolute Gasteiger partial charge is 0.391 e. The fourth-order valence-electron chi connectivity index (χ4n) is 12.6. The number of piperazine rings is 2. The van der Waals surface area contributed by atoms with Crippen LogP contribution in [0.15, 0.2) is 54.3 Å². The predicted molar refractivity (Wildman–Crippen MR) is 339 cm³/mol. The first-order valence-electron chi connectivity index (χ1n) is 31.5. The van der Waals surface area contributed by atoms with Gasteiger partial charge in [-0.15, -0.1) is 11.3 Å². The molecule has 9 rings (SSSR count). The number of carbonyl (C=O) groups is 6. The number of likely N-dealkylation sites (tertiary alicyclic amines) is 2. The van der Waals surface area contributed by atoms with Gasteiger partial charge < -0.3 is 51.7 Å². The van der Waals surface area contributed by atoms with Crippen molar-refractivity contribution in [1.29, 1.82) is 0 Å². The zero-order valence-electron chi connectivity index (χ0n) is 52.8. The first-order valence-corrected chi connectivity index (χ1v) is 32.4. The van der Waals surface area contributed by atoms with Crippen LogP contribution in [0.4, 0.5) is 26.1 Å². The molecule has 0 radical (unpaired) electrons. The third kappa shape index (κ3) is 17.9. The van der Waals surface area contributed by atoms with Gasteiger partial charge in [0.05, 0.1) is 52.5 Å². The van der Waals surface area contributed by atoms with Crippen LogP contribution in [0.2, 0.25) is 0 Å². The molecule has 6 amide bonds. The van der Waals surface area contributed by atoms with Crippen LogP contribution < -0.4 is 41.7 Å². The maximum atomic E-state index is 15.7. The molecule has 5 aliphatic heterocycles. The molecule has 5 fully saturated rings. The van der Waals surface area contributed by atoms with Crippen LogP contribution in [0.3, 0.4) is 0 Å². The number of aliphatic hydroxyl groups excluding tert-OH is 1. The maximum Gasteiger partial charge on any atom is 0.246 e. The van der Waals surface area contributed by atoms with E-state index in [1.165, 1.54) is 23.4 Å². The van der Waals surface area contributed by atoms with Crippen molar-refractivity contribution in [3.63, 3.8) is 0 Å². The van der Waals surface area contributed by atoms with Gasteiger partial charge in [0, 0.05) is 122 Å². The summed E-state index contributed by atoms with van der Waals surface area (Å²) in [5.74, 6) is -1.51. The number of hydrogen-bond acceptors (Lipinski definition) is 17. The molecule has 0 unspecified atom stereocenters. The highest BCUT2D eigenvalue weighted by atomic mass is 32.1. The molecule has 5 aliphatic rings. The van der Waals surface area contributed by atoms with Crippen molar-refractivity contribution in [3.05, 3.63) is 82.8 Å². The fourth-order valence-corrected chi connectivity index (χ4v) is 13.4. The molecule has 4 aromatic rings. The number of nitrogens with one attached hydrogen (secondary N) is 6. The summed E-state index contributed by atoms with van der Waals surface area (Å²) in [4.78, 5) is 106. The van der Waals surface area contributed by atoms with E-state index in [4.69, 9.17) is 0 Å². The number of benzene rings is 2. The topological polar surface area (TPSA) is 253 Å². The molecule has 89 heavy (non-hydrogen) atoms. The molecule has 1 spiro atoms. The summed E-state index contributed by atoms with van der Waals surface area (Å²) in [7, 11) is 0. The lowest BCUT2D eigenvalue weighted by Gasteiger charge is -2.48. The summed E-state index contributed by atoms with van der Waals surface area (Å²) in [6, 6.07) is 10.00. The molecule has 22 nitrogen and oxygen atoms in total. The van der Waals surface area contributed by atoms with Gasteiger partial charge in [-0.2, -0.15) is 0 Å². The minimum Gasteiger partial charge on any atom is -0.391 e. The van der Waals surface area contributed by atoms with Gasteiger partial charge in [-0.1, -0.05) is 58.9 Å². The molecule has 0 bridgehead atoms. The molecular weight excluding hydrogens is 1160 g/mol. The number of carbonyl (C=O) groups excluding carboxylic acids is 6. The van der Waals surface area contributed by atoms with E-state index < -0.39 is 58.5 Å². The van der Waals surface area contributed by atoms with E-state index in [1.807, 2.05) is 65.0 Å². The van der Waals surface area contributed by atoms with E-state index in [-0.39, 0.29) is 73.8 Å². The van der Waals surface area contributed by atoms with Gasteiger partial charge in [0.15, 0.2) is 0 Å². The number of amides is 6. The molecule has 0 saturated carbocycles. The van der Waals surface area contributed by atoms with Crippen LogP contribution in [0.25, 0.3) is 10.4 Å². The number of aromatic nitrogens is 3. The fraction of sp³-hybridized carbons (Fsp3) is 0.609. The van der Waals surface area contributed by atoms with Crippen LogP contribution >= 0.6 is 11.3 Å². The lowest BCUT2D eigenvalue weighted by atomic mass is 9.82. The Bertz CT molecular complexity index is 3120. The Hall–Kier alpha value is -6.93. The summed E-state index contributed by atoms with van der Waals surface area (Å²) >= 11 is 1.56. The zero-order chi connectivity index (χ0) is 63.6. The van der Waals surface area contributed by atoms with Gasteiger partial charge in [0.2, 0.25) is 35.4 Å². The minimum absolute atomic E-state index is 0.0471. The summed E-state index contributed by atoms with van der Waals surface area (Å²) in [5.41, 5.74) is 4.02. The van der Waals surface area contributed by atoms with Gasteiger partial charge in [-0.3, -0.25) is 43.5 Å². The third-order valence-electron chi connectivity index (χ3n) is 18.2. The number of thiazole rings is 1. The highest BCUT2D eigenvalue weighted by Gasteiger charge is 2.46. The van der Waals surface area contributed by atoms with Gasteiger partial charge in [0.1, 0.15) is 41.7 Å². The van der Waals surface area contributed by atoms with Crippen molar-refractivity contribution in [2.24, 2.45) is 10.8 Å². The number of β-amino-alcohol motifs (C(OH)–C–C–N with tert-alkyl or cyclic N) is 1. The molecule has 4 atom stereocenters. The normalized spacial score (nSPS) is 20.6. The third-order valence-corrected chi connectivity index (χ3v) is 19.2. The van der Waals surface area contributed by atoms with E-state index in [2.05, 4.69) is 80.3 Å². The smallest absolute Gasteiger partial charge is 0.246 e. The monoisotopic (exact) mass is 1250 g/mol. The molecule has 7 heterocycles. The molecule has 0 aliphatic carbocycles. The number of rotatable bonds is 23. The van der Waals surface area contributed by atoms with Crippen molar-refractivity contribution in [2.45, 2.75) is 136 Å². The molecule has 7 N–H and O–H groups in total. The first kappa shape index (κ1) is 66.5. The number of piperidine rings is 2. The second-order valence-corrected chi connectivity index (χ2v) is 27.6. The van der Waals surface area contributed by atoms with Crippen LogP contribution in [0, 0.1) is 29.4 Å². The Balaban J connectivity index is 0.622. The van der Waals surface area contributed by atoms with Crippen molar-refractivity contribution in [1.82, 2.24) is 61.1 Å². The maximum absolute atomic E-state index is 15.7. The molecule has 5 saturated heterocycles. The molecule has 484 valence electrons. The minimum atomic E-state index is -1.02. The van der Waals surface area contributed by atoms with Crippen molar-refractivity contribution >= 4 is 64.1 Å². The first-order chi connectivity index (χ1) is 42.4. The van der Waals surface area contributed by atoms with E-state index >= 15 is 8.78 Å². The summed E-state index contributed by atoms with van der Waals surface area (Å²) in [6.07, 6.45) is 4.31. The number of hydrogen-bond donors (Lipinski definition) is 7. The highest BCUT2D eigenvalue weighted by Crippen LogP contribution is 2.36. The Morgan fingerprint density at radius 3 is 2.19 bits per heavy atom. The van der Waals surface area contributed by atoms with E-state index in [0.717, 1.165) is 66.5 Å². The average Bonchev–Trinajstić information content (AvgIpc) is 1.19. The molecule has 2 aromatic carbocycles. The van der Waals surface area contributed by atoms with Gasteiger partial charge in [-0.25, -0.2) is 23.7 Å². The number of nitrogens with zero attached hydrogens (tertiary/aromatic N) is 9. The van der Waals surface area contributed by atoms with E-state index in [0.29, 0.717) is 96.1 Å². The molecule has 25 heteroatoms. The molecular formula is C64H91F2N15O7S. The van der Waals surface area contributed by atoms with Crippen molar-refractivity contribution < 1.29 is 42.7 Å². The number of aliphatic hydroxyl groups is 1. The summed E-state index contributed by atoms with van der Waals surface area (Å²) in [5, 5.41) is 29.0. The van der Waals surface area contributed by atoms with Crippen molar-refractivity contribution in [3.8, 4) is 10.4 Å². The van der Waals surface area contributed by atoms with Crippen LogP contribution in [0.5, 0.6) is 0 Å². The summed E-state index contributed by atoms with van der Waals surface area (Å²) in [6.45, 7) is 22.4. The van der Waals surface area contributed by atoms with Gasteiger partial charge >= 0.3 is 0 Å². The molecule has 2 aromatic heterocycles. The number of halogens is 2. The second-order valence-electron chi connectivity index (χ2n) is 26.7. The standard InChI is InChI=1S/C64H91F2N15O7S/c1-42(44-9-11-45(12-10-44)58-43(2)72-41-89-58)73-60(87)51-32-47(82)36-81(51)61(88)59(62(3,4)5)74-55(84)14-13-54(83)69-21-26-76-27-29-78(30-28-76)37-56(85)68-20-8-19-67-52-34-53(71-40-70-52)79-24-17-64(18-25-79)39-80(38-57(86)75-64)50-33-48(65)46(31-49(50)66)35-77-22-15-63(6,7)16-23-77/h9-12,31,33-34,40-42,47,51,59,82H,8,13-30,32,35-39H2,1-7H3,(H,68,85)(H,69,83)(H,73,87)(H,74,84)(H,75,86)(H,67,70,71)/t42-,47+,51-,59+/m0/s1. The van der Waals surface area contributed by atoms with Crippen LogP contribution in [0.1, 0.15) is 116 Å². The Morgan fingerprint density at radius 1 is 0.798 bits per heavy atom. The lowest BCUT2D eigenvalue weighted by molar-refractivity contribution is -0.144. The quantitative estimate of drug-likeness (QED) is 0.0502. The van der Waals surface area contributed by atoms with Crippen LogP contribution in [-0.2, 0) is 35.3 Å². The zero-order valence-corrected chi connectivity index (χ0v) is 53.6. The highest BCUT2D eigenvalue weighted by molar-refractivity contribution is 7.13. The summed E-state index contributed by atoms with van der Waals surface area (Å²) < 4.78 is 31.3. The number of anilines is 3. The van der Waals surface area contributed by atoms with E-state index in [1.54, 1.807) is 21.7 Å². The van der Waals surface area contributed by atoms with Crippen molar-refractivity contribution in [2.75, 3.05) is 120 Å².